The van der Waals surface area contributed by atoms with E-state index in [9.17, 15) is 14.9 Å². The Kier molecular flexibility index (Phi) is 7.33. The first-order chi connectivity index (χ1) is 16.8. The lowest BCUT2D eigenvalue weighted by molar-refractivity contribution is -0.384. The number of nitrogens with one attached hydrogen (secondary N) is 1. The zero-order valence-electron chi connectivity index (χ0n) is 18.9. The highest BCUT2D eigenvalue weighted by molar-refractivity contribution is 7.99. The molecular weight excluding hydrogens is 484 g/mol. The van der Waals surface area contributed by atoms with Crippen molar-refractivity contribution >= 4 is 41.2 Å². The number of non-ortho nitro benzene ring substituents is 1. The fourth-order valence-electron chi connectivity index (χ4n) is 3.58. The number of nitro groups is 1. The van der Waals surface area contributed by atoms with Crippen LogP contribution in [0.25, 0.3) is 5.69 Å². The molecule has 0 aliphatic heterocycles. The number of carbonyl (C=O) groups is 1. The highest BCUT2D eigenvalue weighted by Crippen LogP contribution is 2.30. The summed E-state index contributed by atoms with van der Waals surface area (Å²) in [5.41, 5.74) is 7.00. The molecular formula is C26H21ClN4O3S. The minimum atomic E-state index is -0.405. The lowest BCUT2D eigenvalue weighted by atomic mass is 10.2. The number of hydrogen-bond donors (Lipinski definition) is 1. The van der Waals surface area contributed by atoms with Gasteiger partial charge in [-0.1, -0.05) is 23.4 Å². The summed E-state index contributed by atoms with van der Waals surface area (Å²) in [6.45, 7) is 4.01. The van der Waals surface area contributed by atoms with E-state index in [2.05, 4.69) is 15.1 Å². The number of hydrogen-bond acceptors (Lipinski definition) is 5. The quantitative estimate of drug-likeness (QED) is 0.175. The van der Waals surface area contributed by atoms with Crippen molar-refractivity contribution in [3.63, 3.8) is 0 Å². The molecule has 0 saturated heterocycles. The first-order valence-corrected chi connectivity index (χ1v) is 11.8. The van der Waals surface area contributed by atoms with Crippen molar-refractivity contribution in [3.8, 4) is 5.69 Å². The van der Waals surface area contributed by atoms with E-state index in [1.807, 2.05) is 44.2 Å². The SMILES string of the molecule is Cc1cc(/C=N\NC(=O)c2ccc(Cl)cc2)c(C)n1-c1ccc(Sc2ccc([N+](=O)[O-])cc2)cc1. The van der Waals surface area contributed by atoms with Gasteiger partial charge in [-0.15, -0.1) is 0 Å². The molecule has 176 valence electrons. The molecule has 35 heavy (non-hydrogen) atoms. The fourth-order valence-corrected chi connectivity index (χ4v) is 4.52. The maximum absolute atomic E-state index is 12.2. The summed E-state index contributed by atoms with van der Waals surface area (Å²) in [5, 5.41) is 15.5. The summed E-state index contributed by atoms with van der Waals surface area (Å²) in [7, 11) is 0. The minimum absolute atomic E-state index is 0.0761. The van der Waals surface area contributed by atoms with Crippen molar-refractivity contribution in [1.29, 1.82) is 0 Å². The Hall–Kier alpha value is -3.88. The van der Waals surface area contributed by atoms with E-state index >= 15 is 0 Å². The van der Waals surface area contributed by atoms with E-state index < -0.39 is 4.92 Å². The number of carbonyl (C=O) groups excluding carboxylic acids is 1. The van der Waals surface area contributed by atoms with Crippen molar-refractivity contribution < 1.29 is 9.72 Å². The van der Waals surface area contributed by atoms with Crippen LogP contribution in [0.3, 0.4) is 0 Å². The van der Waals surface area contributed by atoms with Crippen LogP contribution in [0.2, 0.25) is 5.02 Å². The van der Waals surface area contributed by atoms with Gasteiger partial charge in [-0.05, 0) is 80.6 Å². The van der Waals surface area contributed by atoms with Crippen LogP contribution < -0.4 is 5.43 Å². The minimum Gasteiger partial charge on any atom is -0.318 e. The number of hydrazone groups is 1. The summed E-state index contributed by atoms with van der Waals surface area (Å²) >= 11 is 7.40. The number of halogens is 1. The summed E-state index contributed by atoms with van der Waals surface area (Å²) in [6, 6.07) is 23.2. The van der Waals surface area contributed by atoms with Crippen LogP contribution in [0.1, 0.15) is 27.3 Å². The lowest BCUT2D eigenvalue weighted by Crippen LogP contribution is -2.17. The van der Waals surface area contributed by atoms with Gasteiger partial charge >= 0.3 is 0 Å². The molecule has 9 heteroatoms. The number of rotatable bonds is 7. The molecule has 0 bridgehead atoms. The Morgan fingerprint density at radius 2 is 1.60 bits per heavy atom. The van der Waals surface area contributed by atoms with Gasteiger partial charge in [0.15, 0.2) is 0 Å². The second-order valence-electron chi connectivity index (χ2n) is 7.71. The van der Waals surface area contributed by atoms with E-state index in [0.717, 1.165) is 32.4 Å². The molecule has 4 aromatic rings. The van der Waals surface area contributed by atoms with Gasteiger partial charge in [-0.2, -0.15) is 5.10 Å². The number of amides is 1. The molecule has 0 radical (unpaired) electrons. The average molecular weight is 505 g/mol. The molecule has 1 N–H and O–H groups in total. The van der Waals surface area contributed by atoms with Gasteiger partial charge in [0, 0.05) is 55.1 Å². The molecule has 0 atom stereocenters. The van der Waals surface area contributed by atoms with Crippen LogP contribution in [0.5, 0.6) is 0 Å². The van der Waals surface area contributed by atoms with Gasteiger partial charge in [-0.3, -0.25) is 14.9 Å². The molecule has 0 aliphatic rings. The van der Waals surface area contributed by atoms with E-state index in [4.69, 9.17) is 11.6 Å². The van der Waals surface area contributed by atoms with Gasteiger partial charge in [0.2, 0.25) is 0 Å². The Bertz CT molecular complexity index is 1400. The molecule has 0 aliphatic carbocycles. The maximum Gasteiger partial charge on any atom is 0.271 e. The standard InChI is InChI=1S/C26H21ClN4O3S/c1-17-15-20(16-28-29-26(32)19-3-5-21(27)6-4-19)18(2)30(17)22-7-11-24(12-8-22)35-25-13-9-23(10-14-25)31(33)34/h3-16H,1-2H3,(H,29,32)/b28-16-. The Labute approximate surface area is 211 Å². The summed E-state index contributed by atoms with van der Waals surface area (Å²) in [4.78, 5) is 24.6. The van der Waals surface area contributed by atoms with Crippen LogP contribution >= 0.6 is 23.4 Å². The third-order valence-corrected chi connectivity index (χ3v) is 6.59. The van der Waals surface area contributed by atoms with Gasteiger partial charge in [0.05, 0.1) is 11.1 Å². The Balaban J connectivity index is 1.45. The molecule has 0 unspecified atom stereocenters. The average Bonchev–Trinajstić information content (AvgIpc) is 3.13. The summed E-state index contributed by atoms with van der Waals surface area (Å²) < 4.78 is 2.11. The molecule has 4 rings (SSSR count). The van der Waals surface area contributed by atoms with Crippen molar-refractivity contribution in [2.24, 2.45) is 5.10 Å². The van der Waals surface area contributed by atoms with Crippen molar-refractivity contribution in [2.45, 2.75) is 23.6 Å². The first-order valence-electron chi connectivity index (χ1n) is 10.6. The van der Waals surface area contributed by atoms with Crippen molar-refractivity contribution in [2.75, 3.05) is 0 Å². The van der Waals surface area contributed by atoms with Gasteiger partial charge < -0.3 is 4.57 Å². The largest absolute Gasteiger partial charge is 0.318 e. The molecule has 1 heterocycles. The highest BCUT2D eigenvalue weighted by Gasteiger charge is 2.11. The zero-order valence-corrected chi connectivity index (χ0v) is 20.5. The van der Waals surface area contributed by atoms with Crippen LogP contribution in [0.4, 0.5) is 5.69 Å². The topological polar surface area (TPSA) is 89.5 Å². The van der Waals surface area contributed by atoms with Crippen molar-refractivity contribution in [3.05, 3.63) is 117 Å². The monoisotopic (exact) mass is 504 g/mol. The number of benzene rings is 3. The molecule has 7 nitrogen and oxygen atoms in total. The number of aromatic nitrogens is 1. The van der Waals surface area contributed by atoms with Gasteiger partial charge in [-0.25, -0.2) is 5.43 Å². The lowest BCUT2D eigenvalue weighted by Gasteiger charge is -2.10. The molecule has 1 aromatic heterocycles. The molecule has 0 fully saturated rings. The van der Waals surface area contributed by atoms with E-state index in [1.165, 1.54) is 23.9 Å². The smallest absolute Gasteiger partial charge is 0.271 e. The summed E-state index contributed by atoms with van der Waals surface area (Å²) in [6.07, 6.45) is 1.63. The van der Waals surface area contributed by atoms with E-state index in [0.29, 0.717) is 10.6 Å². The number of nitrogens with zero attached hydrogens (tertiary/aromatic N) is 3. The normalized spacial score (nSPS) is 11.1. The third kappa shape index (κ3) is 5.79. The third-order valence-electron chi connectivity index (χ3n) is 5.32. The molecule has 3 aromatic carbocycles. The zero-order chi connectivity index (χ0) is 24.9. The Morgan fingerprint density at radius 3 is 2.20 bits per heavy atom. The van der Waals surface area contributed by atoms with Crippen molar-refractivity contribution in [1.82, 2.24) is 9.99 Å². The highest BCUT2D eigenvalue weighted by atomic mass is 35.5. The van der Waals surface area contributed by atoms with Crippen LogP contribution in [0, 0.1) is 24.0 Å². The fraction of sp³-hybridized carbons (Fsp3) is 0.0769. The first kappa shape index (κ1) is 24.3. The second kappa shape index (κ2) is 10.6. The van der Waals surface area contributed by atoms with Gasteiger partial charge in [0.1, 0.15) is 0 Å². The second-order valence-corrected chi connectivity index (χ2v) is 9.30. The summed E-state index contributed by atoms with van der Waals surface area (Å²) in [5.74, 6) is -0.312. The number of nitro benzene ring substituents is 1. The maximum atomic E-state index is 12.2. The molecule has 1 amide bonds. The van der Waals surface area contributed by atoms with Gasteiger partial charge in [0.25, 0.3) is 11.6 Å². The predicted molar refractivity (Wildman–Crippen MR) is 139 cm³/mol. The molecule has 0 saturated carbocycles. The predicted octanol–water partition coefficient (Wildman–Crippen LogP) is 6.57. The Morgan fingerprint density at radius 1 is 1.00 bits per heavy atom. The van der Waals surface area contributed by atoms with Crippen LogP contribution in [-0.2, 0) is 0 Å². The van der Waals surface area contributed by atoms with Crippen LogP contribution in [0.15, 0.2) is 93.8 Å². The van der Waals surface area contributed by atoms with E-state index in [1.54, 1.807) is 42.6 Å². The van der Waals surface area contributed by atoms with E-state index in [-0.39, 0.29) is 11.6 Å². The molecule has 0 spiro atoms. The van der Waals surface area contributed by atoms with Crippen LogP contribution in [-0.4, -0.2) is 21.6 Å². The number of aryl methyl sites for hydroxylation is 1.